The first kappa shape index (κ1) is 29.2. The van der Waals surface area contributed by atoms with Gasteiger partial charge in [-0.1, -0.05) is 44.2 Å². The van der Waals surface area contributed by atoms with Gasteiger partial charge in [-0.2, -0.15) is 0 Å². The lowest BCUT2D eigenvalue weighted by molar-refractivity contribution is -0.159. The maximum atomic E-state index is 13.7. The molecule has 12 nitrogen and oxygen atoms in total. The predicted octanol–water partition coefficient (Wildman–Crippen LogP) is 0.0904. The monoisotopic (exact) mass is 550 g/mol. The van der Waals surface area contributed by atoms with Crippen molar-refractivity contribution in [1.82, 2.24) is 30.4 Å². The van der Waals surface area contributed by atoms with Crippen molar-refractivity contribution in [3.63, 3.8) is 0 Å². The van der Waals surface area contributed by atoms with Gasteiger partial charge < -0.3 is 24.8 Å². The molecule has 2 amide bonds. The van der Waals surface area contributed by atoms with Crippen LogP contribution in [-0.2, 0) is 30.1 Å². The Hall–Kier alpha value is -3.84. The first-order chi connectivity index (χ1) is 19.1. The third-order valence-electron chi connectivity index (χ3n) is 7.04. The average Bonchev–Trinajstić information content (AvgIpc) is 2.93. The number of nitrogens with zero attached hydrogens (tertiary/aromatic N) is 4. The van der Waals surface area contributed by atoms with Crippen molar-refractivity contribution in [2.24, 2.45) is 5.92 Å². The molecule has 4 atom stereocenters. The number of nitrogens with one attached hydrogen (secondary N) is 2. The van der Waals surface area contributed by atoms with Crippen LogP contribution in [0.4, 0.5) is 0 Å². The molecule has 0 spiro atoms. The summed E-state index contributed by atoms with van der Waals surface area (Å²) in [7, 11) is 2.21. The first-order valence-corrected chi connectivity index (χ1v) is 13.3. The van der Waals surface area contributed by atoms with Crippen LogP contribution in [0.3, 0.4) is 0 Å². The third-order valence-corrected chi connectivity index (χ3v) is 7.04. The second-order valence-electron chi connectivity index (χ2n) is 10.7. The Morgan fingerprint density at radius 2 is 1.68 bits per heavy atom. The second kappa shape index (κ2) is 13.0. The minimum Gasteiger partial charge on any atom is -0.497 e. The number of hydrogen-bond acceptors (Lipinski definition) is 10. The van der Waals surface area contributed by atoms with Gasteiger partial charge in [-0.3, -0.25) is 29.1 Å². The molecule has 2 aromatic rings. The lowest BCUT2D eigenvalue weighted by Gasteiger charge is -2.43. The van der Waals surface area contributed by atoms with Gasteiger partial charge in [0.05, 0.1) is 12.1 Å². The Bertz CT molecular complexity index is 1170. The minimum absolute atomic E-state index is 0.0585. The van der Waals surface area contributed by atoms with Crippen LogP contribution in [0.5, 0.6) is 0 Å². The number of aromatic nitrogens is 2. The van der Waals surface area contributed by atoms with Gasteiger partial charge in [-0.15, -0.1) is 0 Å². The lowest BCUT2D eigenvalue weighted by atomic mass is 9.73. The molecule has 1 aromatic carbocycles. The summed E-state index contributed by atoms with van der Waals surface area (Å²) in [5.74, 6) is -2.92. The smallest absolute Gasteiger partial charge is 0.497 e. The van der Waals surface area contributed by atoms with Crippen molar-refractivity contribution < 1.29 is 28.5 Å². The highest BCUT2D eigenvalue weighted by Crippen LogP contribution is 2.21. The molecule has 2 saturated heterocycles. The van der Waals surface area contributed by atoms with E-state index in [9.17, 15) is 19.2 Å². The van der Waals surface area contributed by atoms with Gasteiger partial charge in [0, 0.05) is 31.9 Å². The van der Waals surface area contributed by atoms with E-state index in [0.29, 0.717) is 19.5 Å². The number of amides is 2. The van der Waals surface area contributed by atoms with E-state index in [1.807, 2.05) is 56.1 Å². The maximum absolute atomic E-state index is 13.7. The highest BCUT2D eigenvalue weighted by atomic mass is 16.6. The molecule has 1 unspecified atom stereocenters. The molecule has 2 fully saturated rings. The molecular weight excluding hydrogens is 515 g/mol. The number of fused-ring (bicyclic) bond motifs is 2. The lowest BCUT2D eigenvalue weighted by Crippen LogP contribution is -2.66. The topological polar surface area (TPSA) is 143 Å². The molecule has 3 heterocycles. The third kappa shape index (κ3) is 7.22. The molecular formula is C27H35BN6O6. The van der Waals surface area contributed by atoms with Gasteiger partial charge in [0.15, 0.2) is 0 Å². The molecule has 1 aromatic heterocycles. The quantitative estimate of drug-likeness (QED) is 0.413. The fourth-order valence-corrected chi connectivity index (χ4v) is 4.93. The van der Waals surface area contributed by atoms with Crippen LogP contribution < -0.4 is 10.6 Å². The molecule has 2 aliphatic rings. The van der Waals surface area contributed by atoms with E-state index in [4.69, 9.17) is 9.31 Å². The molecule has 13 heteroatoms. The van der Waals surface area contributed by atoms with E-state index in [0.717, 1.165) is 5.56 Å². The zero-order chi connectivity index (χ0) is 28.8. The Labute approximate surface area is 234 Å². The average molecular weight is 550 g/mol. The van der Waals surface area contributed by atoms with E-state index in [2.05, 4.69) is 20.6 Å². The van der Waals surface area contributed by atoms with Crippen molar-refractivity contribution in [3.05, 3.63) is 60.2 Å². The van der Waals surface area contributed by atoms with Crippen LogP contribution in [0.25, 0.3) is 0 Å². The summed E-state index contributed by atoms with van der Waals surface area (Å²) in [4.78, 5) is 64.4. The van der Waals surface area contributed by atoms with Crippen LogP contribution in [0.1, 0.15) is 36.3 Å². The van der Waals surface area contributed by atoms with Gasteiger partial charge in [0.25, 0.3) is 5.91 Å². The Morgan fingerprint density at radius 1 is 1.02 bits per heavy atom. The SMILES string of the molecule is CC(C)C[C@H](NC(=O)C(Cc1ccccc1)NC(=O)c1cnccn1)B1OC(=O)[C@@H]2CN(C)C[C@@H](C(=O)O1)N2C. The van der Waals surface area contributed by atoms with E-state index in [1.54, 1.807) is 11.9 Å². The van der Waals surface area contributed by atoms with E-state index < -0.39 is 54.9 Å². The van der Waals surface area contributed by atoms with Crippen molar-refractivity contribution in [3.8, 4) is 0 Å². The molecule has 2 bridgehead atoms. The van der Waals surface area contributed by atoms with Gasteiger partial charge in [0.2, 0.25) is 5.91 Å². The van der Waals surface area contributed by atoms with E-state index in [1.165, 1.54) is 18.6 Å². The summed E-state index contributed by atoms with van der Waals surface area (Å²) >= 11 is 0. The van der Waals surface area contributed by atoms with Gasteiger partial charge in [0.1, 0.15) is 23.8 Å². The summed E-state index contributed by atoms with van der Waals surface area (Å²) in [6, 6.07) is 6.96. The zero-order valence-corrected chi connectivity index (χ0v) is 23.1. The molecule has 2 aliphatic heterocycles. The summed E-state index contributed by atoms with van der Waals surface area (Å²) < 4.78 is 11.4. The minimum atomic E-state index is -1.32. The molecule has 0 aliphatic carbocycles. The maximum Gasteiger partial charge on any atom is 0.622 e. The van der Waals surface area contributed by atoms with Crippen molar-refractivity contribution >= 4 is 30.9 Å². The number of rotatable bonds is 9. The number of likely N-dealkylation sites (N-methyl/N-ethyl adjacent to an activating group) is 2. The summed E-state index contributed by atoms with van der Waals surface area (Å²) in [5, 5.41) is 5.65. The number of benzene rings is 1. The van der Waals surface area contributed by atoms with Gasteiger partial charge in [-0.05, 0) is 32.0 Å². The summed E-state index contributed by atoms with van der Waals surface area (Å²) in [6.07, 6.45) is 4.70. The van der Waals surface area contributed by atoms with Crippen LogP contribution in [0.15, 0.2) is 48.9 Å². The van der Waals surface area contributed by atoms with E-state index >= 15 is 0 Å². The predicted molar refractivity (Wildman–Crippen MR) is 146 cm³/mol. The molecule has 0 radical (unpaired) electrons. The largest absolute Gasteiger partial charge is 0.622 e. The second-order valence-corrected chi connectivity index (χ2v) is 10.7. The van der Waals surface area contributed by atoms with Gasteiger partial charge >= 0.3 is 19.1 Å². The summed E-state index contributed by atoms with van der Waals surface area (Å²) in [6.45, 7) is 4.70. The van der Waals surface area contributed by atoms with Crippen LogP contribution in [-0.4, -0.2) is 102 Å². The fourth-order valence-electron chi connectivity index (χ4n) is 4.93. The molecule has 4 rings (SSSR count). The highest BCUT2D eigenvalue weighted by molar-refractivity contribution is 6.51. The summed E-state index contributed by atoms with van der Waals surface area (Å²) in [5.41, 5.74) is 0.891. The number of carbonyl (C=O) groups is 4. The van der Waals surface area contributed by atoms with Crippen molar-refractivity contribution in [2.45, 2.75) is 50.8 Å². The number of carbonyl (C=O) groups excluding carboxylic acids is 4. The number of hydrogen-bond donors (Lipinski definition) is 2. The zero-order valence-electron chi connectivity index (χ0n) is 23.1. The van der Waals surface area contributed by atoms with Crippen molar-refractivity contribution in [2.75, 3.05) is 27.2 Å². The van der Waals surface area contributed by atoms with Crippen LogP contribution in [0, 0.1) is 5.92 Å². The Kier molecular flexibility index (Phi) is 9.48. The molecule has 0 saturated carbocycles. The van der Waals surface area contributed by atoms with Crippen LogP contribution in [0.2, 0.25) is 0 Å². The normalized spacial score (nSPS) is 21.5. The molecule has 40 heavy (non-hydrogen) atoms. The fraction of sp³-hybridized carbons (Fsp3) is 0.481. The highest BCUT2D eigenvalue weighted by Gasteiger charge is 2.49. The first-order valence-electron chi connectivity index (χ1n) is 13.3. The van der Waals surface area contributed by atoms with Crippen molar-refractivity contribution in [1.29, 1.82) is 0 Å². The molecule has 212 valence electrons. The number of piperazine rings is 1. The Balaban J connectivity index is 1.56. The van der Waals surface area contributed by atoms with Gasteiger partial charge in [-0.25, -0.2) is 4.98 Å². The van der Waals surface area contributed by atoms with Crippen LogP contribution >= 0.6 is 0 Å². The van der Waals surface area contributed by atoms with E-state index in [-0.39, 0.29) is 18.0 Å². The molecule has 2 N–H and O–H groups in total. The Morgan fingerprint density at radius 3 is 2.25 bits per heavy atom. The standard InChI is InChI=1S/C27H35BN6O6/c1-17(2)12-23(28-39-26(37)21-15-33(3)16-22(34(21)4)27(38)40-28)32-24(35)19(13-18-8-6-5-7-9-18)31-25(36)20-14-29-10-11-30-20/h5-11,14,17,19,21-23H,12-13,15-16H2,1-4H3,(H,31,36)(H,32,35)/t19?,21-,22-,23-/m0/s1.